The molecule has 0 aliphatic heterocycles. The summed E-state index contributed by atoms with van der Waals surface area (Å²) in [5, 5.41) is 0. The minimum absolute atomic E-state index is 0.214. The van der Waals surface area contributed by atoms with Crippen LogP contribution >= 0.6 is 0 Å². The number of ether oxygens (including phenoxy) is 1. The van der Waals surface area contributed by atoms with E-state index in [4.69, 9.17) is 4.74 Å². The fraction of sp³-hybridized carbons (Fsp3) is 0.700. The molecule has 0 bridgehead atoms. The molecule has 0 N–H and O–H groups in total. The van der Waals surface area contributed by atoms with Crippen LogP contribution in [0.3, 0.4) is 0 Å². The highest BCUT2D eigenvalue weighted by atomic mass is 16.6. The zero-order valence-corrected chi connectivity index (χ0v) is 17.6. The van der Waals surface area contributed by atoms with Gasteiger partial charge in [-0.1, -0.05) is 46.5 Å². The van der Waals surface area contributed by atoms with E-state index in [0.717, 1.165) is 30.3 Å². The number of fused-ring (bicyclic) bond motifs is 1. The Labute approximate surface area is 165 Å². The van der Waals surface area contributed by atoms with Crippen LogP contribution in [0.2, 0.25) is 0 Å². The van der Waals surface area contributed by atoms with Crippen molar-refractivity contribution in [3.05, 3.63) is 27.2 Å². The van der Waals surface area contributed by atoms with Gasteiger partial charge in [0.15, 0.2) is 17.4 Å². The van der Waals surface area contributed by atoms with Crippen LogP contribution in [0.1, 0.15) is 72.4 Å². The third-order valence-electron chi connectivity index (χ3n) is 4.78. The monoisotopic (exact) mass is 392 g/mol. The summed E-state index contributed by atoms with van der Waals surface area (Å²) in [7, 11) is 1.45. The lowest BCUT2D eigenvalue weighted by Gasteiger charge is -2.16. The maximum Gasteiger partial charge on any atom is 0.332 e. The number of hydrogen-bond donors (Lipinski definition) is 0. The van der Waals surface area contributed by atoms with E-state index in [2.05, 4.69) is 11.9 Å². The predicted molar refractivity (Wildman–Crippen MR) is 108 cm³/mol. The van der Waals surface area contributed by atoms with E-state index in [1.165, 1.54) is 28.9 Å². The normalized spacial score (nSPS) is 12.6. The standard InChI is InChI=1S/C20H32N4O4/c1-6-7-8-9-10-11-16(25)28-15(4)24-13-21-18-17(24)19(26)22(5)20(27)23(18)12-14(2)3/h13-15H,6-12H2,1-5H3. The summed E-state index contributed by atoms with van der Waals surface area (Å²) in [6.07, 6.45) is 6.40. The Morgan fingerprint density at radius 3 is 2.46 bits per heavy atom. The Morgan fingerprint density at radius 2 is 1.82 bits per heavy atom. The molecule has 2 heterocycles. The van der Waals surface area contributed by atoms with E-state index in [1.807, 2.05) is 13.8 Å². The Bertz CT molecular complexity index is 923. The molecule has 0 saturated carbocycles. The van der Waals surface area contributed by atoms with Crippen molar-refractivity contribution in [2.24, 2.45) is 13.0 Å². The topological polar surface area (TPSA) is 88.1 Å². The summed E-state index contributed by atoms with van der Waals surface area (Å²) in [4.78, 5) is 41.6. The van der Waals surface area contributed by atoms with E-state index in [1.54, 1.807) is 6.92 Å². The second-order valence-electron chi connectivity index (χ2n) is 7.73. The molecule has 1 unspecified atom stereocenters. The molecular weight excluding hydrogens is 360 g/mol. The van der Waals surface area contributed by atoms with E-state index in [0.29, 0.717) is 18.6 Å². The molecule has 2 aromatic heterocycles. The number of carbonyl (C=O) groups excluding carboxylic acids is 1. The highest BCUT2D eigenvalue weighted by molar-refractivity contribution is 5.71. The third-order valence-corrected chi connectivity index (χ3v) is 4.78. The molecule has 1 atom stereocenters. The van der Waals surface area contributed by atoms with Crippen molar-refractivity contribution in [3.8, 4) is 0 Å². The molecule has 8 nitrogen and oxygen atoms in total. The first-order valence-electron chi connectivity index (χ1n) is 10.1. The van der Waals surface area contributed by atoms with Gasteiger partial charge in [0.25, 0.3) is 5.56 Å². The maximum atomic E-state index is 12.7. The van der Waals surface area contributed by atoms with Crippen LogP contribution in [-0.4, -0.2) is 24.7 Å². The number of imidazole rings is 1. The van der Waals surface area contributed by atoms with Gasteiger partial charge in [0.2, 0.25) is 0 Å². The van der Waals surface area contributed by atoms with Gasteiger partial charge < -0.3 is 4.74 Å². The largest absolute Gasteiger partial charge is 0.441 e. The number of rotatable bonds is 10. The van der Waals surface area contributed by atoms with Gasteiger partial charge in [-0.2, -0.15) is 0 Å². The Kier molecular flexibility index (Phi) is 7.60. The smallest absolute Gasteiger partial charge is 0.332 e. The fourth-order valence-electron chi connectivity index (χ4n) is 3.26. The number of carbonyl (C=O) groups is 1. The molecule has 8 heteroatoms. The van der Waals surface area contributed by atoms with Crippen molar-refractivity contribution in [2.45, 2.75) is 79.0 Å². The average molecular weight is 393 g/mol. The molecule has 0 aliphatic rings. The molecular formula is C20H32N4O4. The van der Waals surface area contributed by atoms with E-state index in [-0.39, 0.29) is 17.4 Å². The number of aromatic nitrogens is 4. The zero-order chi connectivity index (χ0) is 20.8. The van der Waals surface area contributed by atoms with Gasteiger partial charge in [0.1, 0.15) is 6.33 Å². The summed E-state index contributed by atoms with van der Waals surface area (Å²) in [6.45, 7) is 8.28. The van der Waals surface area contributed by atoms with Crippen LogP contribution in [-0.2, 0) is 23.1 Å². The van der Waals surface area contributed by atoms with Crippen LogP contribution < -0.4 is 11.2 Å². The van der Waals surface area contributed by atoms with Crippen LogP contribution in [0.5, 0.6) is 0 Å². The van der Waals surface area contributed by atoms with Gasteiger partial charge in [0, 0.05) is 20.0 Å². The highest BCUT2D eigenvalue weighted by Crippen LogP contribution is 2.17. The molecule has 2 rings (SSSR count). The summed E-state index contributed by atoms with van der Waals surface area (Å²) in [5.41, 5.74) is -0.247. The molecule has 0 aliphatic carbocycles. The Balaban J connectivity index is 2.23. The van der Waals surface area contributed by atoms with Crippen molar-refractivity contribution in [1.82, 2.24) is 18.7 Å². The second kappa shape index (κ2) is 9.71. The molecule has 0 spiro atoms. The predicted octanol–water partition coefficient (Wildman–Crippen LogP) is 2.97. The molecule has 2 aromatic rings. The zero-order valence-electron chi connectivity index (χ0n) is 17.6. The Hall–Kier alpha value is -2.38. The summed E-state index contributed by atoms with van der Waals surface area (Å²) in [5.74, 6) is -0.0790. The van der Waals surface area contributed by atoms with Crippen molar-refractivity contribution < 1.29 is 9.53 Å². The van der Waals surface area contributed by atoms with Crippen LogP contribution in [0.25, 0.3) is 11.2 Å². The summed E-state index contributed by atoms with van der Waals surface area (Å²) < 4.78 is 9.61. The minimum Gasteiger partial charge on any atom is -0.441 e. The first-order chi connectivity index (χ1) is 13.3. The molecule has 0 amide bonds. The lowest BCUT2D eigenvalue weighted by atomic mass is 10.1. The van der Waals surface area contributed by atoms with Gasteiger partial charge in [-0.3, -0.25) is 23.3 Å². The number of unbranched alkanes of at least 4 members (excludes halogenated alkanes) is 4. The first-order valence-corrected chi connectivity index (χ1v) is 10.1. The highest BCUT2D eigenvalue weighted by Gasteiger charge is 2.21. The first kappa shape index (κ1) is 21.9. The van der Waals surface area contributed by atoms with Crippen LogP contribution in [0.15, 0.2) is 15.9 Å². The van der Waals surface area contributed by atoms with Crippen molar-refractivity contribution in [1.29, 1.82) is 0 Å². The van der Waals surface area contributed by atoms with E-state index in [9.17, 15) is 14.4 Å². The average Bonchev–Trinajstić information content (AvgIpc) is 3.08. The molecule has 0 radical (unpaired) electrons. The number of hydrogen-bond acceptors (Lipinski definition) is 5. The fourth-order valence-corrected chi connectivity index (χ4v) is 3.26. The molecule has 0 aromatic carbocycles. The van der Waals surface area contributed by atoms with E-state index >= 15 is 0 Å². The maximum absolute atomic E-state index is 12.7. The summed E-state index contributed by atoms with van der Waals surface area (Å²) >= 11 is 0. The van der Waals surface area contributed by atoms with E-state index < -0.39 is 17.5 Å². The lowest BCUT2D eigenvalue weighted by Crippen LogP contribution is -2.39. The van der Waals surface area contributed by atoms with Gasteiger partial charge in [-0.25, -0.2) is 9.78 Å². The molecule has 28 heavy (non-hydrogen) atoms. The van der Waals surface area contributed by atoms with Crippen molar-refractivity contribution in [2.75, 3.05) is 0 Å². The number of esters is 1. The quantitative estimate of drug-likeness (QED) is 0.458. The van der Waals surface area contributed by atoms with Crippen molar-refractivity contribution >= 4 is 17.1 Å². The number of nitrogens with zero attached hydrogens (tertiary/aromatic N) is 4. The minimum atomic E-state index is -0.675. The second-order valence-corrected chi connectivity index (χ2v) is 7.73. The van der Waals surface area contributed by atoms with Gasteiger partial charge in [-0.05, 0) is 19.3 Å². The van der Waals surface area contributed by atoms with Crippen molar-refractivity contribution in [3.63, 3.8) is 0 Å². The van der Waals surface area contributed by atoms with Gasteiger partial charge in [0.05, 0.1) is 0 Å². The van der Waals surface area contributed by atoms with Gasteiger partial charge in [-0.15, -0.1) is 0 Å². The third kappa shape index (κ3) is 4.91. The van der Waals surface area contributed by atoms with Gasteiger partial charge >= 0.3 is 11.7 Å². The summed E-state index contributed by atoms with van der Waals surface area (Å²) in [6, 6.07) is 0. The van der Waals surface area contributed by atoms with Crippen LogP contribution in [0.4, 0.5) is 0 Å². The van der Waals surface area contributed by atoms with Crippen LogP contribution in [0, 0.1) is 5.92 Å². The molecule has 0 saturated heterocycles. The molecule has 156 valence electrons. The SMILES string of the molecule is CCCCCCCC(=O)OC(C)n1cnc2c1c(=O)n(C)c(=O)n2CC(C)C. The molecule has 0 fully saturated rings. The Morgan fingerprint density at radius 1 is 1.14 bits per heavy atom. The lowest BCUT2D eigenvalue weighted by molar-refractivity contribution is -0.152.